The van der Waals surface area contributed by atoms with Crippen LogP contribution < -0.4 is 5.32 Å². The van der Waals surface area contributed by atoms with Gasteiger partial charge in [-0.05, 0) is 24.8 Å². The van der Waals surface area contributed by atoms with E-state index in [0.717, 1.165) is 18.4 Å². The highest BCUT2D eigenvalue weighted by Gasteiger charge is 2.25. The van der Waals surface area contributed by atoms with E-state index in [1.165, 1.54) is 0 Å². The molecule has 2 atom stereocenters. The maximum atomic E-state index is 12.3. The second kappa shape index (κ2) is 8.03. The Labute approximate surface area is 128 Å². The average Bonchev–Trinajstić information content (AvgIpc) is 2.43. The van der Waals surface area contributed by atoms with Crippen LogP contribution in [0.25, 0.3) is 0 Å². The van der Waals surface area contributed by atoms with Gasteiger partial charge in [0.1, 0.15) is 5.75 Å². The summed E-state index contributed by atoms with van der Waals surface area (Å²) < 4.78 is 0. The molecule has 21 heavy (non-hydrogen) atoms. The summed E-state index contributed by atoms with van der Waals surface area (Å²) in [5.74, 6) is 0.781. The van der Waals surface area contributed by atoms with Crippen LogP contribution in [-0.2, 0) is 4.79 Å². The molecule has 118 valence electrons. The normalized spacial score (nSPS) is 14.0. The number of nitrogens with one attached hydrogen (secondary N) is 1. The fraction of sp³-hybridized carbons (Fsp3) is 0.588. The smallest absolute Gasteiger partial charge is 0.239 e. The minimum Gasteiger partial charge on any atom is -0.508 e. The van der Waals surface area contributed by atoms with Gasteiger partial charge in [0.25, 0.3) is 0 Å². The second-order valence-corrected chi connectivity index (χ2v) is 6.10. The van der Waals surface area contributed by atoms with Crippen molar-refractivity contribution in [2.24, 2.45) is 5.92 Å². The molecule has 0 saturated carbocycles. The monoisotopic (exact) mass is 292 g/mol. The topological polar surface area (TPSA) is 52.6 Å². The Bertz CT molecular complexity index is 458. The lowest BCUT2D eigenvalue weighted by molar-refractivity contribution is -0.131. The number of para-hydroxylation sites is 1. The first-order valence-electron chi connectivity index (χ1n) is 7.61. The van der Waals surface area contributed by atoms with E-state index < -0.39 is 0 Å². The van der Waals surface area contributed by atoms with Crippen LogP contribution in [0.3, 0.4) is 0 Å². The number of likely N-dealkylation sites (N-methyl/N-ethyl adjacent to an activating group) is 1. The minimum absolute atomic E-state index is 0.0288. The predicted molar refractivity (Wildman–Crippen MR) is 86.2 cm³/mol. The van der Waals surface area contributed by atoms with Crippen LogP contribution in [-0.4, -0.2) is 36.1 Å². The van der Waals surface area contributed by atoms with Crippen molar-refractivity contribution in [3.05, 3.63) is 29.8 Å². The third-order valence-electron chi connectivity index (χ3n) is 3.57. The molecule has 4 nitrogen and oxygen atoms in total. The van der Waals surface area contributed by atoms with Gasteiger partial charge in [-0.25, -0.2) is 0 Å². The molecular weight excluding hydrogens is 264 g/mol. The van der Waals surface area contributed by atoms with Crippen molar-refractivity contribution in [2.75, 3.05) is 14.1 Å². The first-order valence-corrected chi connectivity index (χ1v) is 7.61. The van der Waals surface area contributed by atoms with E-state index >= 15 is 0 Å². The van der Waals surface area contributed by atoms with Gasteiger partial charge >= 0.3 is 0 Å². The summed E-state index contributed by atoms with van der Waals surface area (Å²) in [4.78, 5) is 14.0. The molecule has 0 spiro atoms. The molecule has 0 aromatic heterocycles. The zero-order valence-corrected chi connectivity index (χ0v) is 13.8. The van der Waals surface area contributed by atoms with Crippen LogP contribution >= 0.6 is 0 Å². The molecule has 1 aromatic carbocycles. The van der Waals surface area contributed by atoms with Crippen molar-refractivity contribution in [2.45, 2.75) is 45.7 Å². The molecule has 0 bridgehead atoms. The number of hydrogen-bond donors (Lipinski definition) is 2. The Kier molecular flexibility index (Phi) is 6.69. The number of carbonyl (C=O) groups is 1. The Morgan fingerprint density at radius 1 is 1.29 bits per heavy atom. The summed E-state index contributed by atoms with van der Waals surface area (Å²) in [5, 5.41) is 13.4. The molecule has 0 saturated heterocycles. The van der Waals surface area contributed by atoms with Crippen molar-refractivity contribution < 1.29 is 9.90 Å². The molecule has 2 N–H and O–H groups in total. The maximum absolute atomic E-state index is 12.3. The second-order valence-electron chi connectivity index (χ2n) is 6.10. The first-order chi connectivity index (χ1) is 9.86. The zero-order chi connectivity index (χ0) is 16.0. The van der Waals surface area contributed by atoms with Crippen molar-refractivity contribution in [1.82, 2.24) is 10.2 Å². The molecule has 0 aliphatic carbocycles. The number of rotatable bonds is 7. The van der Waals surface area contributed by atoms with Crippen molar-refractivity contribution in [3.63, 3.8) is 0 Å². The van der Waals surface area contributed by atoms with Gasteiger partial charge in [-0.1, -0.05) is 39.0 Å². The van der Waals surface area contributed by atoms with E-state index in [1.54, 1.807) is 25.1 Å². The zero-order valence-electron chi connectivity index (χ0n) is 13.8. The third-order valence-corrected chi connectivity index (χ3v) is 3.57. The highest BCUT2D eigenvalue weighted by atomic mass is 16.3. The number of hydrogen-bond acceptors (Lipinski definition) is 3. The Hall–Kier alpha value is -1.55. The van der Waals surface area contributed by atoms with E-state index in [1.807, 2.05) is 18.2 Å². The van der Waals surface area contributed by atoms with Crippen molar-refractivity contribution in [3.8, 4) is 5.75 Å². The predicted octanol–water partition coefficient (Wildman–Crippen LogP) is 2.94. The minimum atomic E-state index is -0.232. The van der Waals surface area contributed by atoms with E-state index in [9.17, 15) is 9.90 Å². The van der Waals surface area contributed by atoms with Gasteiger partial charge in [-0.3, -0.25) is 10.1 Å². The summed E-state index contributed by atoms with van der Waals surface area (Å²) in [6.07, 6.45) is 1.59. The van der Waals surface area contributed by atoms with Gasteiger partial charge in [0.05, 0.1) is 6.04 Å². The number of amides is 1. The number of aromatic hydroxyl groups is 1. The Morgan fingerprint density at radius 2 is 1.90 bits per heavy atom. The summed E-state index contributed by atoms with van der Waals surface area (Å²) in [5.41, 5.74) is 0.848. The van der Waals surface area contributed by atoms with Gasteiger partial charge in [0, 0.05) is 25.7 Å². The fourth-order valence-electron chi connectivity index (χ4n) is 2.48. The lowest BCUT2D eigenvalue weighted by Crippen LogP contribution is -2.45. The van der Waals surface area contributed by atoms with E-state index in [4.69, 9.17) is 0 Å². The van der Waals surface area contributed by atoms with Crippen molar-refractivity contribution in [1.29, 1.82) is 0 Å². The summed E-state index contributed by atoms with van der Waals surface area (Å²) in [6, 6.07) is 7.05. The number of phenolic OH excluding ortho intramolecular Hbond substituents is 1. The van der Waals surface area contributed by atoms with E-state index in [2.05, 4.69) is 26.1 Å². The SMILES string of the molecule is CCC(NC(CC(C)C)C(=O)N(C)C)c1ccccc1O. The van der Waals surface area contributed by atoms with E-state index in [-0.39, 0.29) is 23.7 Å². The molecule has 0 fully saturated rings. The van der Waals surface area contributed by atoms with Crippen LogP contribution in [0.4, 0.5) is 0 Å². The van der Waals surface area contributed by atoms with E-state index in [0.29, 0.717) is 5.92 Å². The highest BCUT2D eigenvalue weighted by molar-refractivity contribution is 5.81. The molecule has 1 aromatic rings. The number of carbonyl (C=O) groups excluding carboxylic acids is 1. The van der Waals surface area contributed by atoms with Crippen molar-refractivity contribution >= 4 is 5.91 Å². The lowest BCUT2D eigenvalue weighted by Gasteiger charge is -2.28. The average molecular weight is 292 g/mol. The summed E-state index contributed by atoms with van der Waals surface area (Å²) in [6.45, 7) is 6.27. The van der Waals surface area contributed by atoms with Crippen LogP contribution in [0.1, 0.15) is 45.2 Å². The van der Waals surface area contributed by atoms with Crippen LogP contribution in [0, 0.1) is 5.92 Å². The maximum Gasteiger partial charge on any atom is 0.239 e. The number of benzene rings is 1. The van der Waals surface area contributed by atoms with Crippen LogP contribution in [0.5, 0.6) is 5.75 Å². The quantitative estimate of drug-likeness (QED) is 0.812. The van der Waals surface area contributed by atoms with Gasteiger partial charge in [0.2, 0.25) is 5.91 Å². The highest BCUT2D eigenvalue weighted by Crippen LogP contribution is 2.27. The fourth-order valence-corrected chi connectivity index (χ4v) is 2.48. The van der Waals surface area contributed by atoms with Gasteiger partial charge in [-0.15, -0.1) is 0 Å². The summed E-state index contributed by atoms with van der Waals surface area (Å²) >= 11 is 0. The molecule has 0 radical (unpaired) electrons. The Morgan fingerprint density at radius 3 is 2.38 bits per heavy atom. The molecule has 1 rings (SSSR count). The van der Waals surface area contributed by atoms with Crippen LogP contribution in [0.15, 0.2) is 24.3 Å². The van der Waals surface area contributed by atoms with Gasteiger partial charge in [0.15, 0.2) is 0 Å². The first kappa shape index (κ1) is 17.5. The Balaban J connectivity index is 2.94. The molecule has 2 unspecified atom stereocenters. The van der Waals surface area contributed by atoms with Gasteiger partial charge in [-0.2, -0.15) is 0 Å². The van der Waals surface area contributed by atoms with Gasteiger partial charge < -0.3 is 10.0 Å². The molecule has 0 aliphatic heterocycles. The van der Waals surface area contributed by atoms with Crippen LogP contribution in [0.2, 0.25) is 0 Å². The summed E-state index contributed by atoms with van der Waals surface area (Å²) in [7, 11) is 3.55. The third kappa shape index (κ3) is 5.05. The number of nitrogens with zero attached hydrogens (tertiary/aromatic N) is 1. The molecular formula is C17H28N2O2. The number of phenols is 1. The molecule has 0 aliphatic rings. The standard InChI is InChI=1S/C17H28N2O2/c1-6-14(13-9-7-8-10-16(13)20)18-15(11-12(2)3)17(21)19(4)5/h7-10,12,14-15,18,20H,6,11H2,1-5H3. The molecule has 0 heterocycles. The molecule has 1 amide bonds. The lowest BCUT2D eigenvalue weighted by atomic mass is 9.98. The molecule has 4 heteroatoms. The largest absolute Gasteiger partial charge is 0.508 e.